The number of rotatable bonds is 5. The highest BCUT2D eigenvalue weighted by atomic mass is 16.2. The van der Waals surface area contributed by atoms with E-state index in [4.69, 9.17) is 0 Å². The first kappa shape index (κ1) is 15.0. The van der Waals surface area contributed by atoms with E-state index in [0.717, 1.165) is 11.4 Å². The van der Waals surface area contributed by atoms with Crippen LogP contribution in [0.3, 0.4) is 0 Å². The van der Waals surface area contributed by atoms with E-state index in [9.17, 15) is 9.59 Å². The van der Waals surface area contributed by atoms with Gasteiger partial charge in [0.2, 0.25) is 0 Å². The number of nitrogens with zero attached hydrogens (tertiary/aromatic N) is 4. The molecule has 1 N–H and O–H groups in total. The maximum atomic E-state index is 11.7. The van der Waals surface area contributed by atoms with E-state index in [1.807, 2.05) is 41.9 Å². The van der Waals surface area contributed by atoms with Gasteiger partial charge in [-0.15, -0.1) is 0 Å². The lowest BCUT2D eigenvalue weighted by molar-refractivity contribution is 0.578. The largest absolute Gasteiger partial charge is 0.328 e. The number of aromatic amines is 1. The fourth-order valence-electron chi connectivity index (χ4n) is 2.41. The van der Waals surface area contributed by atoms with Gasteiger partial charge in [-0.2, -0.15) is 5.10 Å². The van der Waals surface area contributed by atoms with E-state index in [0.29, 0.717) is 25.3 Å². The zero-order valence-corrected chi connectivity index (χ0v) is 12.8. The number of aryl methyl sites for hydroxylation is 3. The Morgan fingerprint density at radius 2 is 1.91 bits per heavy atom. The zero-order valence-electron chi connectivity index (χ0n) is 12.8. The van der Waals surface area contributed by atoms with Gasteiger partial charge in [0.15, 0.2) is 0 Å². The van der Waals surface area contributed by atoms with Crippen LogP contribution in [0.25, 0.3) is 0 Å². The summed E-state index contributed by atoms with van der Waals surface area (Å²) >= 11 is 0. The monoisotopic (exact) mass is 311 g/mol. The summed E-state index contributed by atoms with van der Waals surface area (Å²) in [5.41, 5.74) is 0.331. The number of benzene rings is 1. The second-order valence-electron chi connectivity index (χ2n) is 5.27. The lowest BCUT2D eigenvalue weighted by Crippen LogP contribution is -2.29. The normalized spacial score (nSPS) is 10.8. The third-order valence-corrected chi connectivity index (χ3v) is 3.50. The van der Waals surface area contributed by atoms with Gasteiger partial charge in [0.25, 0.3) is 5.56 Å². The topological polar surface area (TPSA) is 85.6 Å². The van der Waals surface area contributed by atoms with Gasteiger partial charge in [0.05, 0.1) is 6.54 Å². The number of aromatic nitrogens is 5. The average Bonchev–Trinajstić information content (AvgIpc) is 2.87. The quantitative estimate of drug-likeness (QED) is 0.752. The number of hydrogen-bond donors (Lipinski definition) is 1. The van der Waals surface area contributed by atoms with Crippen LogP contribution in [0.15, 0.2) is 52.2 Å². The van der Waals surface area contributed by atoms with Crippen molar-refractivity contribution >= 4 is 0 Å². The Kier molecular flexibility index (Phi) is 4.18. The van der Waals surface area contributed by atoms with Crippen LogP contribution in [0, 0.1) is 6.92 Å². The van der Waals surface area contributed by atoms with Crippen molar-refractivity contribution in [2.24, 2.45) is 0 Å². The standard InChI is InChI=1S/C16H17N5O2/c1-12-17-14(7-9-20-10-8-15(22)18-16(20)23)21(19-12)11-13-5-3-2-4-6-13/h2-6,8,10H,7,9,11H2,1H3,(H,18,22,23). The van der Waals surface area contributed by atoms with Crippen LogP contribution >= 0.6 is 0 Å². The molecule has 118 valence electrons. The summed E-state index contributed by atoms with van der Waals surface area (Å²) in [4.78, 5) is 29.5. The molecule has 0 amide bonds. The summed E-state index contributed by atoms with van der Waals surface area (Å²) in [7, 11) is 0. The summed E-state index contributed by atoms with van der Waals surface area (Å²) in [6, 6.07) is 11.3. The molecule has 2 aromatic heterocycles. The summed E-state index contributed by atoms with van der Waals surface area (Å²) in [6.45, 7) is 2.91. The van der Waals surface area contributed by atoms with E-state index >= 15 is 0 Å². The van der Waals surface area contributed by atoms with Crippen LogP contribution in [0.4, 0.5) is 0 Å². The van der Waals surface area contributed by atoms with Crippen LogP contribution in [-0.4, -0.2) is 24.3 Å². The molecule has 0 aliphatic rings. The highest BCUT2D eigenvalue weighted by Gasteiger charge is 2.09. The Balaban J connectivity index is 1.78. The fraction of sp³-hybridized carbons (Fsp3) is 0.250. The maximum absolute atomic E-state index is 11.7. The predicted molar refractivity (Wildman–Crippen MR) is 85.3 cm³/mol. The minimum Gasteiger partial charge on any atom is -0.300 e. The Labute approximate surface area is 132 Å². The smallest absolute Gasteiger partial charge is 0.300 e. The summed E-state index contributed by atoms with van der Waals surface area (Å²) in [5.74, 6) is 1.51. The molecule has 0 saturated heterocycles. The highest BCUT2D eigenvalue weighted by molar-refractivity contribution is 5.15. The van der Waals surface area contributed by atoms with Crippen molar-refractivity contribution in [3.63, 3.8) is 0 Å². The molecular formula is C16H17N5O2. The summed E-state index contributed by atoms with van der Waals surface area (Å²) in [5, 5.41) is 4.42. The van der Waals surface area contributed by atoms with E-state index < -0.39 is 11.2 Å². The minimum absolute atomic E-state index is 0.394. The molecule has 0 aliphatic carbocycles. The molecule has 0 aliphatic heterocycles. The molecule has 0 atom stereocenters. The predicted octanol–water partition coefficient (Wildman–Crippen LogP) is 0.728. The molecule has 0 unspecified atom stereocenters. The summed E-state index contributed by atoms with van der Waals surface area (Å²) < 4.78 is 3.31. The van der Waals surface area contributed by atoms with Gasteiger partial charge in [-0.05, 0) is 12.5 Å². The van der Waals surface area contributed by atoms with Crippen molar-refractivity contribution in [3.05, 3.63) is 80.6 Å². The Bertz CT molecular complexity index is 908. The van der Waals surface area contributed by atoms with E-state index in [1.54, 1.807) is 0 Å². The van der Waals surface area contributed by atoms with E-state index in [1.165, 1.54) is 16.8 Å². The van der Waals surface area contributed by atoms with Crippen molar-refractivity contribution < 1.29 is 0 Å². The van der Waals surface area contributed by atoms with Gasteiger partial charge in [0, 0.05) is 25.2 Å². The molecule has 0 saturated carbocycles. The van der Waals surface area contributed by atoms with Crippen LogP contribution in [0.2, 0.25) is 0 Å². The van der Waals surface area contributed by atoms with Gasteiger partial charge >= 0.3 is 5.69 Å². The van der Waals surface area contributed by atoms with E-state index in [-0.39, 0.29) is 0 Å². The van der Waals surface area contributed by atoms with Crippen LogP contribution in [-0.2, 0) is 19.5 Å². The number of H-pyrrole nitrogens is 1. The molecule has 1 aromatic carbocycles. The molecule has 7 nitrogen and oxygen atoms in total. The van der Waals surface area contributed by atoms with Gasteiger partial charge in [-0.1, -0.05) is 30.3 Å². The first-order chi connectivity index (χ1) is 11.1. The lowest BCUT2D eigenvalue weighted by Gasteiger charge is -2.07. The van der Waals surface area contributed by atoms with Crippen LogP contribution in [0.1, 0.15) is 17.2 Å². The Morgan fingerprint density at radius 3 is 2.65 bits per heavy atom. The third-order valence-electron chi connectivity index (χ3n) is 3.50. The number of nitrogens with one attached hydrogen (secondary N) is 1. The molecule has 3 aromatic rings. The molecule has 2 heterocycles. The van der Waals surface area contributed by atoms with Crippen molar-refractivity contribution in [2.45, 2.75) is 26.4 Å². The molecule has 7 heteroatoms. The SMILES string of the molecule is Cc1nc(CCn2ccc(=O)[nH]c2=O)n(Cc2ccccc2)n1. The molecule has 0 radical (unpaired) electrons. The lowest BCUT2D eigenvalue weighted by atomic mass is 10.2. The molecule has 23 heavy (non-hydrogen) atoms. The minimum atomic E-state index is -0.414. The second kappa shape index (κ2) is 6.43. The maximum Gasteiger partial charge on any atom is 0.328 e. The van der Waals surface area contributed by atoms with Crippen LogP contribution in [0.5, 0.6) is 0 Å². The van der Waals surface area contributed by atoms with Crippen LogP contribution < -0.4 is 11.2 Å². The Hall–Kier alpha value is -2.96. The third kappa shape index (κ3) is 3.63. The number of hydrogen-bond acceptors (Lipinski definition) is 4. The van der Waals surface area contributed by atoms with Gasteiger partial charge < -0.3 is 4.57 Å². The Morgan fingerprint density at radius 1 is 1.13 bits per heavy atom. The highest BCUT2D eigenvalue weighted by Crippen LogP contribution is 2.06. The van der Waals surface area contributed by atoms with Crippen molar-refractivity contribution in [1.82, 2.24) is 24.3 Å². The van der Waals surface area contributed by atoms with Crippen molar-refractivity contribution in [3.8, 4) is 0 Å². The molecular weight excluding hydrogens is 294 g/mol. The second-order valence-corrected chi connectivity index (χ2v) is 5.27. The van der Waals surface area contributed by atoms with Gasteiger partial charge in [0.1, 0.15) is 11.6 Å². The molecule has 3 rings (SSSR count). The first-order valence-electron chi connectivity index (χ1n) is 7.36. The van der Waals surface area contributed by atoms with Crippen molar-refractivity contribution in [2.75, 3.05) is 0 Å². The van der Waals surface area contributed by atoms with Crippen molar-refractivity contribution in [1.29, 1.82) is 0 Å². The van der Waals surface area contributed by atoms with Gasteiger partial charge in [-0.3, -0.25) is 9.78 Å². The first-order valence-corrected chi connectivity index (χ1v) is 7.36. The average molecular weight is 311 g/mol. The fourth-order valence-corrected chi connectivity index (χ4v) is 2.41. The van der Waals surface area contributed by atoms with Gasteiger partial charge in [-0.25, -0.2) is 14.5 Å². The van der Waals surface area contributed by atoms with E-state index in [2.05, 4.69) is 15.1 Å². The summed E-state index contributed by atoms with van der Waals surface area (Å²) in [6.07, 6.45) is 2.05. The molecule has 0 bridgehead atoms. The molecule has 0 spiro atoms. The molecule has 0 fully saturated rings. The zero-order chi connectivity index (χ0) is 16.2.